The lowest BCUT2D eigenvalue weighted by atomic mass is 10.3. The van der Waals surface area contributed by atoms with E-state index in [0.29, 0.717) is 24.7 Å². The highest BCUT2D eigenvalue weighted by Crippen LogP contribution is 2.19. The van der Waals surface area contributed by atoms with Crippen molar-refractivity contribution in [3.05, 3.63) is 24.2 Å². The van der Waals surface area contributed by atoms with E-state index in [9.17, 15) is 18.0 Å². The van der Waals surface area contributed by atoms with Crippen molar-refractivity contribution >= 4 is 11.9 Å². The second kappa shape index (κ2) is 8.75. The van der Waals surface area contributed by atoms with E-state index in [1.807, 2.05) is 0 Å². The Balaban J connectivity index is 1.67. The lowest BCUT2D eigenvalue weighted by Gasteiger charge is -2.19. The minimum absolute atomic E-state index is 0.000628. The second-order valence-corrected chi connectivity index (χ2v) is 5.76. The molecule has 1 aromatic rings. The van der Waals surface area contributed by atoms with E-state index in [2.05, 4.69) is 20.9 Å². The Morgan fingerprint density at radius 1 is 1.44 bits per heavy atom. The van der Waals surface area contributed by atoms with Gasteiger partial charge in [0, 0.05) is 26.2 Å². The highest BCUT2D eigenvalue weighted by molar-refractivity contribution is 5.86. The molecule has 0 radical (unpaired) electrons. The SMILES string of the molecule is CN=C(NCC(=O)NCc1ccco1)NC1CCN(CC(F)(F)F)C1. The lowest BCUT2D eigenvalue weighted by Crippen LogP contribution is -2.47. The van der Waals surface area contributed by atoms with Crippen LogP contribution in [0.25, 0.3) is 0 Å². The first-order valence-electron chi connectivity index (χ1n) is 7.91. The first-order chi connectivity index (χ1) is 11.9. The van der Waals surface area contributed by atoms with E-state index in [1.54, 1.807) is 19.2 Å². The third-order valence-corrected chi connectivity index (χ3v) is 3.70. The standard InChI is InChI=1S/C15H22F3N5O2/c1-19-14(21-8-13(24)20-7-12-3-2-6-25-12)22-11-4-5-23(9-11)10-15(16,17)18/h2-3,6,11H,4-5,7-10H2,1H3,(H,20,24)(H2,19,21,22). The lowest BCUT2D eigenvalue weighted by molar-refractivity contribution is -0.143. The minimum atomic E-state index is -4.19. The van der Waals surface area contributed by atoms with Crippen LogP contribution in [0.5, 0.6) is 0 Å². The van der Waals surface area contributed by atoms with Gasteiger partial charge in [-0.05, 0) is 18.6 Å². The Kier molecular flexibility index (Phi) is 6.68. The van der Waals surface area contributed by atoms with Crippen molar-refractivity contribution in [3.8, 4) is 0 Å². The number of hydrogen-bond acceptors (Lipinski definition) is 4. The fourth-order valence-corrected chi connectivity index (χ4v) is 2.56. The maximum Gasteiger partial charge on any atom is 0.401 e. The topological polar surface area (TPSA) is 81.9 Å². The molecule has 2 heterocycles. The molecule has 3 N–H and O–H groups in total. The summed E-state index contributed by atoms with van der Waals surface area (Å²) in [6.45, 7) is 0.0308. The van der Waals surface area contributed by atoms with Crippen LogP contribution in [-0.2, 0) is 11.3 Å². The molecule has 1 amide bonds. The number of nitrogens with zero attached hydrogens (tertiary/aromatic N) is 2. The number of guanidine groups is 1. The van der Waals surface area contributed by atoms with Crippen LogP contribution >= 0.6 is 0 Å². The molecule has 10 heteroatoms. The predicted molar refractivity (Wildman–Crippen MR) is 86.0 cm³/mol. The molecule has 140 valence electrons. The largest absolute Gasteiger partial charge is 0.467 e. The van der Waals surface area contributed by atoms with E-state index in [1.165, 1.54) is 11.2 Å². The van der Waals surface area contributed by atoms with Gasteiger partial charge in [0.25, 0.3) is 0 Å². The summed E-state index contributed by atoms with van der Waals surface area (Å²) < 4.78 is 42.3. The minimum Gasteiger partial charge on any atom is -0.467 e. The maximum absolute atomic E-state index is 12.4. The van der Waals surface area contributed by atoms with Crippen LogP contribution in [0.15, 0.2) is 27.8 Å². The zero-order valence-electron chi connectivity index (χ0n) is 13.9. The van der Waals surface area contributed by atoms with Gasteiger partial charge in [-0.1, -0.05) is 0 Å². The number of carbonyl (C=O) groups excluding carboxylic acids is 1. The average Bonchev–Trinajstić information content (AvgIpc) is 3.19. The van der Waals surface area contributed by atoms with Gasteiger partial charge < -0.3 is 20.4 Å². The zero-order valence-corrected chi connectivity index (χ0v) is 13.9. The van der Waals surface area contributed by atoms with E-state index in [-0.39, 0.29) is 31.6 Å². The Bertz CT molecular complexity index is 574. The van der Waals surface area contributed by atoms with Crippen LogP contribution in [0, 0.1) is 0 Å². The summed E-state index contributed by atoms with van der Waals surface area (Å²) in [7, 11) is 1.54. The van der Waals surface area contributed by atoms with Gasteiger partial charge in [-0.3, -0.25) is 14.7 Å². The van der Waals surface area contributed by atoms with Gasteiger partial charge in [0.1, 0.15) is 5.76 Å². The number of carbonyl (C=O) groups is 1. The zero-order chi connectivity index (χ0) is 18.3. The second-order valence-electron chi connectivity index (χ2n) is 5.76. The van der Waals surface area contributed by atoms with Crippen molar-refractivity contribution < 1.29 is 22.4 Å². The van der Waals surface area contributed by atoms with Gasteiger partial charge in [-0.2, -0.15) is 13.2 Å². The number of likely N-dealkylation sites (tertiary alicyclic amines) is 1. The van der Waals surface area contributed by atoms with E-state index in [4.69, 9.17) is 4.42 Å². The predicted octanol–water partition coefficient (Wildman–Crippen LogP) is 0.697. The first-order valence-corrected chi connectivity index (χ1v) is 7.91. The van der Waals surface area contributed by atoms with Crippen molar-refractivity contribution in [2.24, 2.45) is 4.99 Å². The molecule has 0 spiro atoms. The third-order valence-electron chi connectivity index (χ3n) is 3.70. The molecule has 1 atom stereocenters. The molecule has 2 rings (SSSR count). The molecular formula is C15H22F3N5O2. The molecule has 1 unspecified atom stereocenters. The van der Waals surface area contributed by atoms with Crippen molar-refractivity contribution in [1.82, 2.24) is 20.9 Å². The van der Waals surface area contributed by atoms with Gasteiger partial charge in [0.15, 0.2) is 5.96 Å². The molecule has 25 heavy (non-hydrogen) atoms. The maximum atomic E-state index is 12.4. The molecule has 1 aromatic heterocycles. The van der Waals surface area contributed by atoms with Gasteiger partial charge in [0.05, 0.1) is 25.9 Å². The van der Waals surface area contributed by atoms with Gasteiger partial charge in [-0.25, -0.2) is 0 Å². The molecular weight excluding hydrogens is 339 g/mol. The molecule has 1 aliphatic heterocycles. The number of aliphatic imine (C=N–C) groups is 1. The first kappa shape index (κ1) is 19.1. The van der Waals surface area contributed by atoms with E-state index in [0.717, 1.165) is 0 Å². The summed E-state index contributed by atoms with van der Waals surface area (Å²) >= 11 is 0. The summed E-state index contributed by atoms with van der Waals surface area (Å²) in [5.74, 6) is 0.781. The molecule has 1 saturated heterocycles. The van der Waals surface area contributed by atoms with Crippen molar-refractivity contribution in [3.63, 3.8) is 0 Å². The Hall–Kier alpha value is -2.23. The fourth-order valence-electron chi connectivity index (χ4n) is 2.56. The highest BCUT2D eigenvalue weighted by atomic mass is 19.4. The third kappa shape index (κ3) is 7.04. The highest BCUT2D eigenvalue weighted by Gasteiger charge is 2.34. The molecule has 1 fully saturated rings. The Morgan fingerprint density at radius 2 is 2.24 bits per heavy atom. The van der Waals surface area contributed by atoms with Crippen molar-refractivity contribution in [1.29, 1.82) is 0 Å². The number of furan rings is 1. The number of amides is 1. The van der Waals surface area contributed by atoms with Crippen LogP contribution in [0.3, 0.4) is 0 Å². The van der Waals surface area contributed by atoms with Crippen LogP contribution in [0.2, 0.25) is 0 Å². The number of alkyl halides is 3. The van der Waals surface area contributed by atoms with Crippen LogP contribution < -0.4 is 16.0 Å². The van der Waals surface area contributed by atoms with Crippen LogP contribution in [-0.4, -0.2) is 62.2 Å². The molecule has 0 aromatic carbocycles. The molecule has 7 nitrogen and oxygen atoms in total. The summed E-state index contributed by atoms with van der Waals surface area (Å²) in [6.07, 6.45) is -2.09. The van der Waals surface area contributed by atoms with E-state index >= 15 is 0 Å². The number of hydrogen-bond donors (Lipinski definition) is 3. The van der Waals surface area contributed by atoms with Gasteiger partial charge in [-0.15, -0.1) is 0 Å². The van der Waals surface area contributed by atoms with Crippen molar-refractivity contribution in [2.75, 3.05) is 33.2 Å². The van der Waals surface area contributed by atoms with E-state index < -0.39 is 12.7 Å². The molecule has 1 aliphatic rings. The normalized spacial score (nSPS) is 19.0. The number of rotatable bonds is 6. The smallest absolute Gasteiger partial charge is 0.401 e. The average molecular weight is 361 g/mol. The summed E-state index contributed by atoms with van der Waals surface area (Å²) in [6, 6.07) is 3.34. The van der Waals surface area contributed by atoms with Crippen LogP contribution in [0.1, 0.15) is 12.2 Å². The summed E-state index contributed by atoms with van der Waals surface area (Å²) in [5.41, 5.74) is 0. The monoisotopic (exact) mass is 361 g/mol. The molecule has 0 saturated carbocycles. The summed E-state index contributed by atoms with van der Waals surface area (Å²) in [5, 5.41) is 8.56. The Labute approximate surface area is 143 Å². The number of nitrogens with one attached hydrogen (secondary N) is 3. The fraction of sp³-hybridized carbons (Fsp3) is 0.600. The molecule has 0 bridgehead atoms. The van der Waals surface area contributed by atoms with Crippen molar-refractivity contribution in [2.45, 2.75) is 25.2 Å². The summed E-state index contributed by atoms with van der Waals surface area (Å²) in [4.78, 5) is 17.1. The quantitative estimate of drug-likeness (QED) is 0.513. The van der Waals surface area contributed by atoms with Crippen LogP contribution in [0.4, 0.5) is 13.2 Å². The molecule has 0 aliphatic carbocycles. The Morgan fingerprint density at radius 3 is 2.88 bits per heavy atom. The van der Waals surface area contributed by atoms with Gasteiger partial charge in [0.2, 0.25) is 5.91 Å². The number of halogens is 3. The van der Waals surface area contributed by atoms with Gasteiger partial charge >= 0.3 is 6.18 Å².